The first kappa shape index (κ1) is 11.6. The molecular formula is C12H10ClFOS. The molecule has 0 aliphatic carbocycles. The standard InChI is InChI=1S/C12H10ClFOS/c1-7-8(5-6-16-7)12(15)9-3-2-4-10(14)11(9)13/h2-6,12,15H,1H3. The van der Waals surface area contributed by atoms with E-state index in [1.54, 1.807) is 23.5 Å². The summed E-state index contributed by atoms with van der Waals surface area (Å²) in [6, 6.07) is 6.28. The molecule has 0 saturated carbocycles. The van der Waals surface area contributed by atoms with Gasteiger partial charge in [0.2, 0.25) is 0 Å². The van der Waals surface area contributed by atoms with Crippen molar-refractivity contribution in [1.82, 2.24) is 0 Å². The van der Waals surface area contributed by atoms with Crippen LogP contribution in [-0.2, 0) is 0 Å². The Morgan fingerprint density at radius 3 is 2.69 bits per heavy atom. The Morgan fingerprint density at radius 2 is 2.06 bits per heavy atom. The number of hydrogen-bond donors (Lipinski definition) is 1. The maximum Gasteiger partial charge on any atom is 0.142 e. The quantitative estimate of drug-likeness (QED) is 0.863. The van der Waals surface area contributed by atoms with Gasteiger partial charge in [-0.3, -0.25) is 0 Å². The lowest BCUT2D eigenvalue weighted by Gasteiger charge is -2.12. The van der Waals surface area contributed by atoms with E-state index >= 15 is 0 Å². The van der Waals surface area contributed by atoms with E-state index in [9.17, 15) is 9.50 Å². The number of halogens is 2. The van der Waals surface area contributed by atoms with E-state index in [0.29, 0.717) is 5.56 Å². The summed E-state index contributed by atoms with van der Waals surface area (Å²) in [7, 11) is 0. The molecule has 0 radical (unpaired) electrons. The fraction of sp³-hybridized carbons (Fsp3) is 0.167. The molecule has 0 amide bonds. The van der Waals surface area contributed by atoms with Crippen molar-refractivity contribution in [1.29, 1.82) is 0 Å². The van der Waals surface area contributed by atoms with Crippen LogP contribution in [0.2, 0.25) is 5.02 Å². The third-order valence-corrected chi connectivity index (χ3v) is 3.73. The van der Waals surface area contributed by atoms with Gasteiger partial charge in [0.15, 0.2) is 0 Å². The fourth-order valence-corrected chi connectivity index (χ4v) is 2.54. The Hall–Kier alpha value is -0.900. The van der Waals surface area contributed by atoms with Crippen LogP contribution in [0, 0.1) is 12.7 Å². The Morgan fingerprint density at radius 1 is 1.31 bits per heavy atom. The number of aryl methyl sites for hydroxylation is 1. The highest BCUT2D eigenvalue weighted by molar-refractivity contribution is 7.10. The zero-order valence-corrected chi connectivity index (χ0v) is 10.1. The summed E-state index contributed by atoms with van der Waals surface area (Å²) >= 11 is 7.37. The number of benzene rings is 1. The summed E-state index contributed by atoms with van der Waals surface area (Å²) in [5, 5.41) is 12.0. The van der Waals surface area contributed by atoms with E-state index in [1.807, 2.05) is 18.4 Å². The van der Waals surface area contributed by atoms with Crippen molar-refractivity contribution < 1.29 is 9.50 Å². The third kappa shape index (κ3) is 1.98. The topological polar surface area (TPSA) is 20.2 Å². The Labute approximate surface area is 102 Å². The maximum atomic E-state index is 13.2. The van der Waals surface area contributed by atoms with Gasteiger partial charge in [0.1, 0.15) is 11.9 Å². The molecule has 0 aliphatic rings. The zero-order chi connectivity index (χ0) is 11.7. The normalized spacial score (nSPS) is 12.8. The summed E-state index contributed by atoms with van der Waals surface area (Å²) in [5.41, 5.74) is 1.18. The van der Waals surface area contributed by atoms with Gasteiger partial charge in [0, 0.05) is 10.4 Å². The van der Waals surface area contributed by atoms with Crippen LogP contribution in [0.5, 0.6) is 0 Å². The molecule has 16 heavy (non-hydrogen) atoms. The minimum atomic E-state index is -0.866. The van der Waals surface area contributed by atoms with E-state index in [-0.39, 0.29) is 5.02 Å². The zero-order valence-electron chi connectivity index (χ0n) is 8.58. The van der Waals surface area contributed by atoms with Crippen LogP contribution >= 0.6 is 22.9 Å². The molecule has 0 aliphatic heterocycles. The van der Waals surface area contributed by atoms with E-state index in [4.69, 9.17) is 11.6 Å². The number of thiophene rings is 1. The molecule has 84 valence electrons. The highest BCUT2D eigenvalue weighted by Gasteiger charge is 2.18. The van der Waals surface area contributed by atoms with Crippen molar-refractivity contribution in [2.75, 3.05) is 0 Å². The Balaban J connectivity index is 2.46. The molecule has 1 unspecified atom stereocenters. The molecule has 1 N–H and O–H groups in total. The van der Waals surface area contributed by atoms with Crippen molar-refractivity contribution >= 4 is 22.9 Å². The van der Waals surface area contributed by atoms with Gasteiger partial charge < -0.3 is 5.11 Å². The fourth-order valence-electron chi connectivity index (χ4n) is 1.58. The molecular weight excluding hydrogens is 247 g/mol. The van der Waals surface area contributed by atoms with Gasteiger partial charge >= 0.3 is 0 Å². The second-order valence-corrected chi connectivity index (χ2v) is 4.98. The second kappa shape index (κ2) is 4.53. The van der Waals surface area contributed by atoms with Crippen molar-refractivity contribution in [2.24, 2.45) is 0 Å². The van der Waals surface area contributed by atoms with Crippen LogP contribution in [-0.4, -0.2) is 5.11 Å². The monoisotopic (exact) mass is 256 g/mol. The van der Waals surface area contributed by atoms with Crippen LogP contribution in [0.25, 0.3) is 0 Å². The first-order chi connectivity index (χ1) is 7.61. The molecule has 0 saturated heterocycles. The average molecular weight is 257 g/mol. The van der Waals surface area contributed by atoms with Crippen molar-refractivity contribution in [3.05, 3.63) is 56.5 Å². The molecule has 1 atom stereocenters. The summed E-state index contributed by atoms with van der Waals surface area (Å²) < 4.78 is 13.2. The van der Waals surface area contributed by atoms with E-state index in [0.717, 1.165) is 10.4 Å². The van der Waals surface area contributed by atoms with Gasteiger partial charge in [-0.05, 0) is 30.0 Å². The average Bonchev–Trinajstić information content (AvgIpc) is 2.68. The highest BCUT2D eigenvalue weighted by Crippen LogP contribution is 2.32. The SMILES string of the molecule is Cc1sccc1C(O)c1cccc(F)c1Cl. The summed E-state index contributed by atoms with van der Waals surface area (Å²) in [6.45, 7) is 1.91. The van der Waals surface area contributed by atoms with Crippen LogP contribution in [0.15, 0.2) is 29.6 Å². The molecule has 4 heteroatoms. The van der Waals surface area contributed by atoms with Gasteiger partial charge in [-0.1, -0.05) is 23.7 Å². The first-order valence-electron chi connectivity index (χ1n) is 4.77. The van der Waals surface area contributed by atoms with Crippen LogP contribution in [0.1, 0.15) is 22.1 Å². The van der Waals surface area contributed by atoms with Crippen molar-refractivity contribution in [3.8, 4) is 0 Å². The third-order valence-electron chi connectivity index (χ3n) is 2.47. The molecule has 1 nitrogen and oxygen atoms in total. The predicted octanol–water partition coefficient (Wildman–Crippen LogP) is 3.93. The number of aliphatic hydroxyl groups is 1. The second-order valence-electron chi connectivity index (χ2n) is 3.48. The van der Waals surface area contributed by atoms with Crippen LogP contribution < -0.4 is 0 Å². The molecule has 1 aromatic heterocycles. The van der Waals surface area contributed by atoms with Crippen molar-refractivity contribution in [3.63, 3.8) is 0 Å². The summed E-state index contributed by atoms with van der Waals surface area (Å²) in [5.74, 6) is -0.508. The van der Waals surface area contributed by atoms with Crippen molar-refractivity contribution in [2.45, 2.75) is 13.0 Å². The minimum Gasteiger partial charge on any atom is -0.384 e. The molecule has 2 aromatic rings. The smallest absolute Gasteiger partial charge is 0.142 e. The van der Waals surface area contributed by atoms with E-state index in [2.05, 4.69) is 0 Å². The summed E-state index contributed by atoms with van der Waals surface area (Å²) in [4.78, 5) is 1.01. The lowest BCUT2D eigenvalue weighted by Crippen LogP contribution is -2.01. The minimum absolute atomic E-state index is 0.0133. The number of rotatable bonds is 2. The molecule has 1 aromatic carbocycles. The number of hydrogen-bond acceptors (Lipinski definition) is 2. The van der Waals surface area contributed by atoms with Gasteiger partial charge in [0.05, 0.1) is 5.02 Å². The number of aliphatic hydroxyl groups excluding tert-OH is 1. The summed E-state index contributed by atoms with van der Waals surface area (Å²) in [6.07, 6.45) is -0.866. The largest absolute Gasteiger partial charge is 0.384 e. The highest BCUT2D eigenvalue weighted by atomic mass is 35.5. The van der Waals surface area contributed by atoms with Gasteiger partial charge in [0.25, 0.3) is 0 Å². The lowest BCUT2D eigenvalue weighted by atomic mass is 10.0. The molecule has 1 heterocycles. The van der Waals surface area contributed by atoms with E-state index < -0.39 is 11.9 Å². The predicted molar refractivity (Wildman–Crippen MR) is 64.5 cm³/mol. The van der Waals surface area contributed by atoms with Gasteiger partial charge in [-0.25, -0.2) is 4.39 Å². The molecule has 2 rings (SSSR count). The Kier molecular flexibility index (Phi) is 3.28. The van der Waals surface area contributed by atoms with E-state index in [1.165, 1.54) is 6.07 Å². The first-order valence-corrected chi connectivity index (χ1v) is 6.03. The molecule has 0 spiro atoms. The molecule has 0 fully saturated rings. The Bertz CT molecular complexity index is 509. The van der Waals surface area contributed by atoms with Gasteiger partial charge in [-0.2, -0.15) is 0 Å². The molecule has 0 bridgehead atoms. The van der Waals surface area contributed by atoms with Gasteiger partial charge in [-0.15, -0.1) is 11.3 Å². The lowest BCUT2D eigenvalue weighted by molar-refractivity contribution is 0.220. The van der Waals surface area contributed by atoms with Crippen LogP contribution in [0.4, 0.5) is 4.39 Å². The van der Waals surface area contributed by atoms with Crippen LogP contribution in [0.3, 0.4) is 0 Å². The maximum absolute atomic E-state index is 13.2.